The summed E-state index contributed by atoms with van der Waals surface area (Å²) in [6.07, 6.45) is -1.61. The summed E-state index contributed by atoms with van der Waals surface area (Å²) in [7, 11) is 0. The summed E-state index contributed by atoms with van der Waals surface area (Å²) >= 11 is 0. The fourth-order valence-electron chi connectivity index (χ4n) is 0.166. The molecule has 0 aromatic heterocycles. The normalized spacial score (nSPS) is 7.30. The Morgan fingerprint density at radius 3 is 2.00 bits per heavy atom. The fourth-order valence-corrected chi connectivity index (χ4v) is 0.166. The summed E-state index contributed by atoms with van der Waals surface area (Å²) in [4.78, 5) is 19.9. The molecular formula is C5H8CaO4. The Hall–Kier alpha value is -0.0603. The monoisotopic (exact) mass is 172 g/mol. The number of rotatable bonds is 1. The third-order valence-electron chi connectivity index (χ3n) is 0.528. The first-order chi connectivity index (χ1) is 4.04. The molecule has 0 unspecified atom stereocenters. The molecule has 5 heteroatoms. The van der Waals surface area contributed by atoms with Gasteiger partial charge in [-0.25, -0.2) is 9.59 Å². The standard InChI is InChI=1S/C5H6O4.Ca.2H/c1-3(2)4(6)9-5(7)8;;;/h1H2,2H3,(H,7,8);;;. The molecule has 0 atom stereocenters. The molecule has 0 amide bonds. The molecule has 0 aliphatic rings. The number of carbonyl (C=O) groups excluding carboxylic acids is 1. The van der Waals surface area contributed by atoms with Crippen molar-refractivity contribution in [2.45, 2.75) is 6.92 Å². The first kappa shape index (κ1) is 12.6. The molecule has 0 fully saturated rings. The van der Waals surface area contributed by atoms with Crippen molar-refractivity contribution in [1.82, 2.24) is 0 Å². The predicted octanol–water partition coefficient (Wildman–Crippen LogP) is -0.133. The van der Waals surface area contributed by atoms with E-state index in [1.54, 1.807) is 0 Å². The SMILES string of the molecule is C=C(C)C(=O)OC(=O)O.[CaH2]. The van der Waals surface area contributed by atoms with Gasteiger partial charge in [-0.15, -0.1) is 0 Å². The molecule has 0 saturated carbocycles. The van der Waals surface area contributed by atoms with E-state index < -0.39 is 12.1 Å². The summed E-state index contributed by atoms with van der Waals surface area (Å²) in [5.41, 5.74) is 0.0670. The Labute approximate surface area is 87.9 Å². The molecule has 0 spiro atoms. The molecule has 0 radical (unpaired) electrons. The number of carbonyl (C=O) groups is 2. The van der Waals surface area contributed by atoms with E-state index in [1.807, 2.05) is 0 Å². The maximum atomic E-state index is 10.3. The number of hydrogen-bond acceptors (Lipinski definition) is 3. The van der Waals surface area contributed by atoms with Gasteiger partial charge >= 0.3 is 49.9 Å². The molecular weight excluding hydrogens is 164 g/mol. The van der Waals surface area contributed by atoms with E-state index in [9.17, 15) is 9.59 Å². The Kier molecular flexibility index (Phi) is 7.19. The summed E-state index contributed by atoms with van der Waals surface area (Å²) in [5, 5.41) is 7.85. The van der Waals surface area contributed by atoms with Crippen LogP contribution < -0.4 is 0 Å². The predicted molar refractivity (Wildman–Crippen MR) is 37.5 cm³/mol. The zero-order valence-electron chi connectivity index (χ0n) is 4.88. The minimum atomic E-state index is -1.61. The molecule has 10 heavy (non-hydrogen) atoms. The summed E-state index contributed by atoms with van der Waals surface area (Å²) in [5.74, 6) is -0.914. The summed E-state index contributed by atoms with van der Waals surface area (Å²) in [6.45, 7) is 4.54. The second kappa shape index (κ2) is 5.70. The van der Waals surface area contributed by atoms with E-state index in [4.69, 9.17) is 5.11 Å². The van der Waals surface area contributed by atoms with Crippen LogP contribution in [0.2, 0.25) is 0 Å². The van der Waals surface area contributed by atoms with Crippen LogP contribution in [0.1, 0.15) is 6.92 Å². The second-order valence-corrected chi connectivity index (χ2v) is 1.44. The topological polar surface area (TPSA) is 63.6 Å². The van der Waals surface area contributed by atoms with Crippen LogP contribution in [-0.4, -0.2) is 55.0 Å². The van der Waals surface area contributed by atoms with Crippen LogP contribution in [-0.2, 0) is 9.53 Å². The van der Waals surface area contributed by atoms with E-state index in [2.05, 4.69) is 11.3 Å². The van der Waals surface area contributed by atoms with Crippen molar-refractivity contribution in [3.63, 3.8) is 0 Å². The number of hydrogen-bond donors (Lipinski definition) is 1. The van der Waals surface area contributed by atoms with Gasteiger partial charge in [-0.3, -0.25) is 0 Å². The van der Waals surface area contributed by atoms with Gasteiger partial charge in [-0.05, 0) is 6.92 Å². The van der Waals surface area contributed by atoms with Crippen LogP contribution in [0.25, 0.3) is 0 Å². The van der Waals surface area contributed by atoms with Gasteiger partial charge in [-0.2, -0.15) is 0 Å². The average Bonchev–Trinajstić information content (AvgIpc) is 1.63. The molecule has 0 aromatic rings. The van der Waals surface area contributed by atoms with Crippen LogP contribution in [0.3, 0.4) is 0 Å². The van der Waals surface area contributed by atoms with Crippen molar-refractivity contribution < 1.29 is 19.4 Å². The van der Waals surface area contributed by atoms with Gasteiger partial charge in [0.05, 0.1) is 0 Å². The molecule has 0 rings (SSSR count). The third-order valence-corrected chi connectivity index (χ3v) is 0.528. The Balaban J connectivity index is 0. The number of esters is 1. The van der Waals surface area contributed by atoms with Crippen molar-refractivity contribution in [3.05, 3.63) is 12.2 Å². The van der Waals surface area contributed by atoms with Crippen molar-refractivity contribution >= 4 is 49.9 Å². The quantitative estimate of drug-likeness (QED) is 0.259. The van der Waals surface area contributed by atoms with Gasteiger partial charge in [0, 0.05) is 5.57 Å². The molecule has 0 aliphatic heterocycles. The van der Waals surface area contributed by atoms with Crippen LogP contribution in [0.15, 0.2) is 12.2 Å². The zero-order valence-corrected chi connectivity index (χ0v) is 4.88. The number of carboxylic acid groups (broad SMARTS) is 1. The van der Waals surface area contributed by atoms with Crippen LogP contribution >= 0.6 is 0 Å². The molecule has 0 bridgehead atoms. The fraction of sp³-hybridized carbons (Fsp3) is 0.200. The molecule has 0 aromatic carbocycles. The molecule has 0 heterocycles. The van der Waals surface area contributed by atoms with E-state index in [0.717, 1.165) is 0 Å². The average molecular weight is 172 g/mol. The van der Waals surface area contributed by atoms with Crippen molar-refractivity contribution in [2.24, 2.45) is 0 Å². The molecule has 54 valence electrons. The van der Waals surface area contributed by atoms with Crippen LogP contribution in [0, 0.1) is 0 Å². The first-order valence-electron chi connectivity index (χ1n) is 2.14. The molecule has 4 nitrogen and oxygen atoms in total. The third kappa shape index (κ3) is 6.07. The van der Waals surface area contributed by atoms with Gasteiger partial charge in [-0.1, -0.05) is 6.58 Å². The van der Waals surface area contributed by atoms with E-state index in [-0.39, 0.29) is 43.3 Å². The Bertz CT molecular complexity index is 163. The first-order valence-corrected chi connectivity index (χ1v) is 2.14. The van der Waals surface area contributed by atoms with Gasteiger partial charge < -0.3 is 9.84 Å². The zero-order chi connectivity index (χ0) is 7.44. The summed E-state index contributed by atoms with van der Waals surface area (Å²) in [6, 6.07) is 0. The van der Waals surface area contributed by atoms with Crippen molar-refractivity contribution in [1.29, 1.82) is 0 Å². The van der Waals surface area contributed by atoms with Crippen molar-refractivity contribution in [2.75, 3.05) is 0 Å². The summed E-state index contributed by atoms with van der Waals surface area (Å²) < 4.78 is 3.69. The van der Waals surface area contributed by atoms with Crippen LogP contribution in [0.4, 0.5) is 4.79 Å². The van der Waals surface area contributed by atoms with E-state index >= 15 is 0 Å². The van der Waals surface area contributed by atoms with Gasteiger partial charge in [0.25, 0.3) is 0 Å². The Morgan fingerprint density at radius 1 is 1.50 bits per heavy atom. The Morgan fingerprint density at radius 2 is 1.90 bits per heavy atom. The van der Waals surface area contributed by atoms with E-state index in [1.165, 1.54) is 6.92 Å². The number of ether oxygens (including phenoxy) is 1. The molecule has 1 N–H and O–H groups in total. The molecule has 0 aliphatic carbocycles. The van der Waals surface area contributed by atoms with Gasteiger partial charge in [0.15, 0.2) is 0 Å². The second-order valence-electron chi connectivity index (χ2n) is 1.44. The maximum absolute atomic E-state index is 10.3. The van der Waals surface area contributed by atoms with Gasteiger partial charge in [0.1, 0.15) is 0 Å². The van der Waals surface area contributed by atoms with E-state index in [0.29, 0.717) is 0 Å². The van der Waals surface area contributed by atoms with Gasteiger partial charge in [0.2, 0.25) is 0 Å². The van der Waals surface area contributed by atoms with Crippen LogP contribution in [0.5, 0.6) is 0 Å². The molecule has 0 saturated heterocycles. The minimum absolute atomic E-state index is 0. The van der Waals surface area contributed by atoms with Crippen molar-refractivity contribution in [3.8, 4) is 0 Å².